The van der Waals surface area contributed by atoms with Gasteiger partial charge in [-0.15, -0.1) is 0 Å². The molecule has 1 aromatic carbocycles. The van der Waals surface area contributed by atoms with Crippen LogP contribution in [0.25, 0.3) is 5.69 Å². The summed E-state index contributed by atoms with van der Waals surface area (Å²) in [4.78, 5) is 13.7. The molecule has 104 valence electrons. The van der Waals surface area contributed by atoms with Crippen molar-refractivity contribution in [1.29, 1.82) is 0 Å². The van der Waals surface area contributed by atoms with Crippen LogP contribution in [0.2, 0.25) is 0 Å². The van der Waals surface area contributed by atoms with Gasteiger partial charge >= 0.3 is 0 Å². The first kappa shape index (κ1) is 12.8. The third-order valence-corrected chi connectivity index (χ3v) is 3.36. The molecule has 20 heavy (non-hydrogen) atoms. The average Bonchev–Trinajstić information content (AvgIpc) is 3.07. The second-order valence-corrected chi connectivity index (χ2v) is 4.79. The molecule has 0 saturated carbocycles. The summed E-state index contributed by atoms with van der Waals surface area (Å²) in [6.07, 6.45) is 1.67. The molecule has 1 fully saturated rings. The van der Waals surface area contributed by atoms with Crippen molar-refractivity contribution in [3.63, 3.8) is 0 Å². The van der Waals surface area contributed by atoms with Gasteiger partial charge < -0.3 is 10.0 Å². The minimum Gasteiger partial charge on any atom is -0.391 e. The Morgan fingerprint density at radius 3 is 2.85 bits per heavy atom. The van der Waals surface area contributed by atoms with Crippen LogP contribution in [0.1, 0.15) is 16.9 Å². The molecule has 0 radical (unpaired) electrons. The summed E-state index contributed by atoms with van der Waals surface area (Å²) in [5.74, 6) is -0.636. The highest BCUT2D eigenvalue weighted by Gasteiger charge is 2.26. The van der Waals surface area contributed by atoms with Gasteiger partial charge in [-0.05, 0) is 24.6 Å². The largest absolute Gasteiger partial charge is 0.391 e. The molecule has 0 spiro atoms. The molecular weight excluding hydrogens is 261 g/mol. The Hall–Kier alpha value is -2.21. The van der Waals surface area contributed by atoms with Gasteiger partial charge in [-0.1, -0.05) is 12.1 Å². The number of para-hydroxylation sites is 1. The topological polar surface area (TPSA) is 58.4 Å². The number of aliphatic hydroxyl groups excluding tert-OH is 1. The highest BCUT2D eigenvalue weighted by atomic mass is 19.1. The number of hydrogen-bond acceptors (Lipinski definition) is 3. The number of nitrogens with zero attached hydrogens (tertiary/aromatic N) is 3. The SMILES string of the molecule is O=C(c1ccn(-c2ccccc2F)n1)N1CC[C@@H](O)C1. The molecule has 1 amide bonds. The van der Waals surface area contributed by atoms with Crippen LogP contribution in [0.5, 0.6) is 0 Å². The number of β-amino-alcohol motifs (C(OH)–C–C–N with tert-alkyl or cyclic N) is 1. The average molecular weight is 275 g/mol. The van der Waals surface area contributed by atoms with Crippen molar-refractivity contribution in [3.8, 4) is 5.69 Å². The summed E-state index contributed by atoms with van der Waals surface area (Å²) < 4.78 is 15.0. The molecule has 1 aliphatic rings. The standard InChI is InChI=1S/C14H14FN3O2/c15-11-3-1-2-4-13(11)18-8-6-12(16-18)14(20)17-7-5-10(19)9-17/h1-4,6,8,10,19H,5,7,9H2/t10-/m1/s1. The molecule has 2 aromatic rings. The van der Waals surface area contributed by atoms with Crippen molar-refractivity contribution >= 4 is 5.91 Å². The molecule has 0 unspecified atom stereocenters. The lowest BCUT2D eigenvalue weighted by Crippen LogP contribution is -2.29. The van der Waals surface area contributed by atoms with Crippen molar-refractivity contribution in [1.82, 2.24) is 14.7 Å². The zero-order chi connectivity index (χ0) is 14.1. The number of amides is 1. The number of likely N-dealkylation sites (tertiary alicyclic amines) is 1. The quantitative estimate of drug-likeness (QED) is 0.896. The van der Waals surface area contributed by atoms with Gasteiger partial charge in [0.1, 0.15) is 11.5 Å². The van der Waals surface area contributed by atoms with Crippen LogP contribution in [0, 0.1) is 5.82 Å². The fourth-order valence-corrected chi connectivity index (χ4v) is 2.30. The molecule has 1 aliphatic heterocycles. The Morgan fingerprint density at radius 1 is 1.35 bits per heavy atom. The van der Waals surface area contributed by atoms with Crippen LogP contribution >= 0.6 is 0 Å². The van der Waals surface area contributed by atoms with Gasteiger partial charge in [0.15, 0.2) is 5.69 Å². The Bertz CT molecular complexity index is 641. The lowest BCUT2D eigenvalue weighted by molar-refractivity contribution is 0.0758. The Balaban J connectivity index is 1.84. The molecule has 1 atom stereocenters. The van der Waals surface area contributed by atoms with E-state index in [2.05, 4.69) is 5.10 Å². The molecular formula is C14H14FN3O2. The maximum Gasteiger partial charge on any atom is 0.274 e. The second kappa shape index (κ2) is 5.05. The molecule has 0 aliphatic carbocycles. The van der Waals surface area contributed by atoms with E-state index in [-0.39, 0.29) is 11.6 Å². The second-order valence-electron chi connectivity index (χ2n) is 4.79. The fraction of sp³-hybridized carbons (Fsp3) is 0.286. The molecule has 1 aromatic heterocycles. The highest BCUT2D eigenvalue weighted by Crippen LogP contribution is 2.15. The fourth-order valence-electron chi connectivity index (χ4n) is 2.30. The van der Waals surface area contributed by atoms with Gasteiger partial charge in [-0.25, -0.2) is 9.07 Å². The number of hydrogen-bond donors (Lipinski definition) is 1. The third-order valence-electron chi connectivity index (χ3n) is 3.36. The van der Waals surface area contributed by atoms with Crippen molar-refractivity contribution in [2.45, 2.75) is 12.5 Å². The van der Waals surface area contributed by atoms with Crippen molar-refractivity contribution in [2.24, 2.45) is 0 Å². The summed E-state index contributed by atoms with van der Waals surface area (Å²) in [6.45, 7) is 0.845. The molecule has 2 heterocycles. The minimum atomic E-state index is -0.465. The number of carbonyl (C=O) groups is 1. The van der Waals surface area contributed by atoms with E-state index in [0.29, 0.717) is 25.2 Å². The molecule has 0 bridgehead atoms. The van der Waals surface area contributed by atoms with E-state index in [0.717, 1.165) is 0 Å². The smallest absolute Gasteiger partial charge is 0.274 e. The van der Waals surface area contributed by atoms with Crippen molar-refractivity contribution in [3.05, 3.63) is 48.0 Å². The predicted octanol–water partition coefficient (Wildman–Crippen LogP) is 1.22. The number of benzene rings is 1. The lowest BCUT2D eigenvalue weighted by atomic mass is 10.3. The van der Waals surface area contributed by atoms with Crippen LogP contribution in [0.15, 0.2) is 36.5 Å². The molecule has 6 heteroatoms. The van der Waals surface area contributed by atoms with E-state index in [1.54, 1.807) is 35.4 Å². The zero-order valence-electron chi connectivity index (χ0n) is 10.7. The summed E-state index contributed by atoms with van der Waals surface area (Å²) in [5, 5.41) is 13.6. The van der Waals surface area contributed by atoms with Gasteiger partial charge in [0.05, 0.1) is 6.10 Å². The number of aromatic nitrogens is 2. The summed E-state index contributed by atoms with van der Waals surface area (Å²) in [7, 11) is 0. The maximum atomic E-state index is 13.6. The van der Waals surface area contributed by atoms with Crippen LogP contribution in [-0.4, -0.2) is 44.9 Å². The lowest BCUT2D eigenvalue weighted by Gasteiger charge is -2.13. The van der Waals surface area contributed by atoms with Gasteiger partial charge in [0.25, 0.3) is 5.91 Å². The first-order valence-electron chi connectivity index (χ1n) is 6.43. The first-order chi connectivity index (χ1) is 9.65. The van der Waals surface area contributed by atoms with E-state index >= 15 is 0 Å². The molecule has 1 saturated heterocycles. The van der Waals surface area contributed by atoms with Gasteiger partial charge in [0.2, 0.25) is 0 Å². The monoisotopic (exact) mass is 275 g/mol. The third kappa shape index (κ3) is 2.30. The first-order valence-corrected chi connectivity index (χ1v) is 6.43. The van der Waals surface area contributed by atoms with Crippen molar-refractivity contribution in [2.75, 3.05) is 13.1 Å². The Morgan fingerprint density at radius 2 is 2.15 bits per heavy atom. The maximum absolute atomic E-state index is 13.6. The summed E-state index contributed by atoms with van der Waals surface area (Å²) in [6, 6.07) is 7.80. The Labute approximate surface area is 115 Å². The summed E-state index contributed by atoms with van der Waals surface area (Å²) >= 11 is 0. The van der Waals surface area contributed by atoms with Gasteiger partial charge in [-0.2, -0.15) is 5.10 Å². The Kier molecular flexibility index (Phi) is 3.23. The van der Waals surface area contributed by atoms with E-state index < -0.39 is 11.9 Å². The van der Waals surface area contributed by atoms with Gasteiger partial charge in [0, 0.05) is 19.3 Å². The van der Waals surface area contributed by atoms with Crippen LogP contribution < -0.4 is 0 Å². The molecule has 5 nitrogen and oxygen atoms in total. The minimum absolute atomic E-state index is 0.239. The molecule has 3 rings (SSSR count). The van der Waals surface area contributed by atoms with Crippen LogP contribution in [0.3, 0.4) is 0 Å². The number of aliphatic hydroxyl groups is 1. The highest BCUT2D eigenvalue weighted by molar-refractivity contribution is 5.92. The number of halogens is 1. The van der Waals surface area contributed by atoms with E-state index in [9.17, 15) is 14.3 Å². The number of rotatable bonds is 2. The van der Waals surface area contributed by atoms with Crippen LogP contribution in [-0.2, 0) is 0 Å². The predicted molar refractivity (Wildman–Crippen MR) is 70.0 cm³/mol. The van der Waals surface area contributed by atoms with E-state index in [1.165, 1.54) is 10.7 Å². The molecule has 1 N–H and O–H groups in total. The normalized spacial score (nSPS) is 18.5. The summed E-state index contributed by atoms with van der Waals surface area (Å²) in [5.41, 5.74) is 0.551. The van der Waals surface area contributed by atoms with E-state index in [1.807, 2.05) is 0 Å². The van der Waals surface area contributed by atoms with Gasteiger partial charge in [-0.3, -0.25) is 4.79 Å². The van der Waals surface area contributed by atoms with Crippen molar-refractivity contribution < 1.29 is 14.3 Å². The van der Waals surface area contributed by atoms with Crippen LogP contribution in [0.4, 0.5) is 4.39 Å². The van der Waals surface area contributed by atoms with E-state index in [4.69, 9.17) is 0 Å². The zero-order valence-corrected chi connectivity index (χ0v) is 10.7. The number of carbonyl (C=O) groups excluding carboxylic acids is 1.